The fourth-order valence-electron chi connectivity index (χ4n) is 3.67. The summed E-state index contributed by atoms with van der Waals surface area (Å²) in [7, 11) is 0. The second-order valence-electron chi connectivity index (χ2n) is 6.76. The SMILES string of the molecule is O=C(N[C@@H]1Cc2ccccc2[C@@H]1CSCCCO)c1cc2cc(Cl)sc2[nH]1. The summed E-state index contributed by atoms with van der Waals surface area (Å²) in [6.45, 7) is 0.225. The minimum atomic E-state index is -0.0716. The number of hydrogen-bond donors (Lipinski definition) is 3. The summed E-state index contributed by atoms with van der Waals surface area (Å²) in [5.74, 6) is 2.10. The quantitative estimate of drug-likeness (QED) is 0.495. The van der Waals surface area contributed by atoms with Crippen LogP contribution in [0, 0.1) is 0 Å². The smallest absolute Gasteiger partial charge is 0.268 e. The molecule has 1 aliphatic carbocycles. The van der Waals surface area contributed by atoms with Gasteiger partial charge < -0.3 is 15.4 Å². The summed E-state index contributed by atoms with van der Waals surface area (Å²) < 4.78 is 0.717. The number of aromatic nitrogens is 1. The molecule has 1 aromatic carbocycles. The van der Waals surface area contributed by atoms with Crippen LogP contribution in [0.5, 0.6) is 0 Å². The van der Waals surface area contributed by atoms with E-state index in [1.54, 1.807) is 0 Å². The van der Waals surface area contributed by atoms with Crippen LogP contribution in [0.4, 0.5) is 0 Å². The Labute approximate surface area is 171 Å². The number of carbonyl (C=O) groups is 1. The molecule has 0 aliphatic heterocycles. The summed E-state index contributed by atoms with van der Waals surface area (Å²) in [5, 5.41) is 13.2. The van der Waals surface area contributed by atoms with E-state index in [2.05, 4.69) is 34.6 Å². The molecule has 7 heteroatoms. The third-order valence-electron chi connectivity index (χ3n) is 4.96. The number of benzene rings is 1. The van der Waals surface area contributed by atoms with Crippen LogP contribution >= 0.6 is 34.7 Å². The molecule has 0 radical (unpaired) electrons. The minimum Gasteiger partial charge on any atom is -0.396 e. The van der Waals surface area contributed by atoms with Crippen molar-refractivity contribution in [3.05, 3.63) is 57.6 Å². The summed E-state index contributed by atoms with van der Waals surface area (Å²) in [6.07, 6.45) is 1.66. The third-order valence-corrected chi connectivity index (χ3v) is 7.33. The molecule has 0 fully saturated rings. The second kappa shape index (κ2) is 8.27. The van der Waals surface area contributed by atoms with Gasteiger partial charge in [-0.2, -0.15) is 11.8 Å². The van der Waals surface area contributed by atoms with Gasteiger partial charge in [-0.15, -0.1) is 11.3 Å². The number of rotatable bonds is 7. The maximum absolute atomic E-state index is 12.8. The lowest BCUT2D eigenvalue weighted by atomic mass is 10.0. The Hall–Kier alpha value is -1.47. The van der Waals surface area contributed by atoms with E-state index in [9.17, 15) is 4.79 Å². The van der Waals surface area contributed by atoms with E-state index >= 15 is 0 Å². The molecule has 142 valence electrons. The minimum absolute atomic E-state index is 0.0716. The highest BCUT2D eigenvalue weighted by atomic mass is 35.5. The number of aromatic amines is 1. The maximum atomic E-state index is 12.8. The molecule has 3 N–H and O–H groups in total. The first-order valence-corrected chi connectivity index (χ1v) is 11.4. The average Bonchev–Trinajstić information content (AvgIpc) is 3.29. The molecule has 0 unspecified atom stereocenters. The Kier molecular flexibility index (Phi) is 5.78. The number of aliphatic hydroxyl groups is 1. The molecular weight excluding hydrogens is 400 g/mol. The van der Waals surface area contributed by atoms with Crippen LogP contribution in [0.2, 0.25) is 4.34 Å². The highest BCUT2D eigenvalue weighted by molar-refractivity contribution is 7.99. The lowest BCUT2D eigenvalue weighted by Gasteiger charge is -2.21. The Morgan fingerprint density at radius 2 is 2.22 bits per heavy atom. The van der Waals surface area contributed by atoms with E-state index < -0.39 is 0 Å². The van der Waals surface area contributed by atoms with Crippen molar-refractivity contribution in [1.82, 2.24) is 10.3 Å². The van der Waals surface area contributed by atoms with Gasteiger partial charge in [0.1, 0.15) is 10.5 Å². The molecule has 1 aliphatic rings. The van der Waals surface area contributed by atoms with E-state index in [1.165, 1.54) is 22.5 Å². The number of H-pyrrole nitrogens is 1. The van der Waals surface area contributed by atoms with Crippen LogP contribution in [0.3, 0.4) is 0 Å². The molecule has 4 nitrogen and oxygen atoms in total. The molecule has 4 rings (SSSR count). The maximum Gasteiger partial charge on any atom is 0.268 e. The van der Waals surface area contributed by atoms with Gasteiger partial charge in [0.05, 0.1) is 4.34 Å². The van der Waals surface area contributed by atoms with Crippen molar-refractivity contribution >= 4 is 50.8 Å². The molecule has 2 aromatic heterocycles. The molecule has 0 spiro atoms. The zero-order chi connectivity index (χ0) is 18.8. The van der Waals surface area contributed by atoms with Gasteiger partial charge in [-0.25, -0.2) is 0 Å². The molecule has 2 heterocycles. The fraction of sp³-hybridized carbons (Fsp3) is 0.350. The number of nitrogens with one attached hydrogen (secondary N) is 2. The lowest BCUT2D eigenvalue weighted by Crippen LogP contribution is -2.38. The Morgan fingerprint density at radius 3 is 3.04 bits per heavy atom. The van der Waals surface area contributed by atoms with Gasteiger partial charge in [0.15, 0.2) is 0 Å². The Bertz CT molecular complexity index is 921. The second-order valence-corrected chi connectivity index (χ2v) is 9.59. The van der Waals surface area contributed by atoms with E-state index in [4.69, 9.17) is 16.7 Å². The summed E-state index contributed by atoms with van der Waals surface area (Å²) in [4.78, 5) is 16.9. The zero-order valence-corrected chi connectivity index (χ0v) is 17.1. The van der Waals surface area contributed by atoms with Crippen molar-refractivity contribution in [3.8, 4) is 0 Å². The van der Waals surface area contributed by atoms with E-state index in [-0.39, 0.29) is 18.6 Å². The van der Waals surface area contributed by atoms with Crippen molar-refractivity contribution in [2.45, 2.75) is 24.8 Å². The predicted molar refractivity (Wildman–Crippen MR) is 114 cm³/mol. The van der Waals surface area contributed by atoms with Gasteiger partial charge in [-0.3, -0.25) is 4.79 Å². The number of hydrogen-bond acceptors (Lipinski definition) is 4. The number of thiophene rings is 1. The molecule has 3 aromatic rings. The first kappa shape index (κ1) is 18.9. The number of fused-ring (bicyclic) bond motifs is 2. The Morgan fingerprint density at radius 1 is 1.37 bits per heavy atom. The predicted octanol–water partition coefficient (Wildman–Crippen LogP) is 4.44. The van der Waals surface area contributed by atoms with Crippen LogP contribution in [0.15, 0.2) is 36.4 Å². The van der Waals surface area contributed by atoms with Crippen LogP contribution in [-0.2, 0) is 6.42 Å². The number of halogens is 1. The van der Waals surface area contributed by atoms with Gasteiger partial charge in [-0.1, -0.05) is 35.9 Å². The molecule has 27 heavy (non-hydrogen) atoms. The zero-order valence-electron chi connectivity index (χ0n) is 14.7. The standard InChI is InChI=1S/C20H21ClN2O2S2/c21-18-10-13-9-17(23-20(13)27-18)19(25)22-16-8-12-4-1-2-5-14(12)15(16)11-26-7-3-6-24/h1-2,4-5,9-10,15-16,23-24H,3,6-8,11H2,(H,22,25)/t15-,16+/m0/s1. The van der Waals surface area contributed by atoms with Crippen molar-refractivity contribution in [2.24, 2.45) is 0 Å². The van der Waals surface area contributed by atoms with Gasteiger partial charge >= 0.3 is 0 Å². The van der Waals surface area contributed by atoms with Crippen LogP contribution < -0.4 is 5.32 Å². The number of carbonyl (C=O) groups excluding carboxylic acids is 1. The molecular formula is C20H21ClN2O2S2. The van der Waals surface area contributed by atoms with Gasteiger partial charge in [-0.05, 0) is 41.9 Å². The lowest BCUT2D eigenvalue weighted by molar-refractivity contribution is 0.0930. The first-order chi connectivity index (χ1) is 13.2. The molecule has 0 saturated carbocycles. The fourth-order valence-corrected chi connectivity index (χ4v) is 5.97. The summed E-state index contributed by atoms with van der Waals surface area (Å²) >= 11 is 9.30. The molecule has 0 bridgehead atoms. The number of aliphatic hydroxyl groups excluding tert-OH is 1. The summed E-state index contributed by atoms with van der Waals surface area (Å²) in [5.41, 5.74) is 3.23. The molecule has 1 amide bonds. The highest BCUT2D eigenvalue weighted by Crippen LogP contribution is 2.36. The highest BCUT2D eigenvalue weighted by Gasteiger charge is 2.33. The normalized spacial score (nSPS) is 18.7. The first-order valence-electron chi connectivity index (χ1n) is 9.01. The van der Waals surface area contributed by atoms with E-state index in [1.807, 2.05) is 23.9 Å². The average molecular weight is 421 g/mol. The van der Waals surface area contributed by atoms with E-state index in [0.29, 0.717) is 11.6 Å². The Balaban J connectivity index is 1.48. The number of amides is 1. The van der Waals surface area contributed by atoms with E-state index in [0.717, 1.165) is 38.9 Å². The van der Waals surface area contributed by atoms with Gasteiger partial charge in [0, 0.05) is 29.7 Å². The molecule has 0 saturated heterocycles. The van der Waals surface area contributed by atoms with Crippen molar-refractivity contribution in [3.63, 3.8) is 0 Å². The number of thioether (sulfide) groups is 1. The summed E-state index contributed by atoms with van der Waals surface area (Å²) in [6, 6.07) is 12.3. The van der Waals surface area contributed by atoms with Crippen molar-refractivity contribution in [1.29, 1.82) is 0 Å². The largest absolute Gasteiger partial charge is 0.396 e. The van der Waals surface area contributed by atoms with Crippen molar-refractivity contribution in [2.75, 3.05) is 18.1 Å². The van der Waals surface area contributed by atoms with Crippen LogP contribution in [0.1, 0.15) is 34.0 Å². The van der Waals surface area contributed by atoms with Crippen molar-refractivity contribution < 1.29 is 9.90 Å². The monoisotopic (exact) mass is 420 g/mol. The molecule has 2 atom stereocenters. The van der Waals surface area contributed by atoms with Crippen LogP contribution in [0.25, 0.3) is 10.2 Å². The third kappa shape index (κ3) is 4.04. The van der Waals surface area contributed by atoms with Gasteiger partial charge in [0.25, 0.3) is 5.91 Å². The van der Waals surface area contributed by atoms with Gasteiger partial charge in [0.2, 0.25) is 0 Å². The topological polar surface area (TPSA) is 65.1 Å². The van der Waals surface area contributed by atoms with Crippen LogP contribution in [-0.4, -0.2) is 40.2 Å².